The van der Waals surface area contributed by atoms with Crippen LogP contribution in [0.2, 0.25) is 0 Å². The first kappa shape index (κ1) is 28.0. The minimum atomic E-state index is -0.903. The minimum Gasteiger partial charge on any atom is -0.492 e. The van der Waals surface area contributed by atoms with Crippen molar-refractivity contribution in [2.75, 3.05) is 78.6 Å². The number of benzene rings is 2. The lowest BCUT2D eigenvalue weighted by atomic mass is 9.87. The molecule has 38 heavy (non-hydrogen) atoms. The number of likely N-dealkylation sites (tertiary alicyclic amines) is 1. The molecular weight excluding hydrogens is 486 g/mol. The van der Waals surface area contributed by atoms with Gasteiger partial charge in [0.2, 0.25) is 0 Å². The Morgan fingerprint density at radius 2 is 1.95 bits per heavy atom. The highest BCUT2D eigenvalue weighted by Gasteiger charge is 2.33. The van der Waals surface area contributed by atoms with Gasteiger partial charge in [-0.25, -0.2) is 4.79 Å². The molecule has 2 unspecified atom stereocenters. The molecule has 2 heterocycles. The molecule has 2 aromatic carbocycles. The molecule has 2 aliphatic rings. The molecule has 1 amide bonds. The summed E-state index contributed by atoms with van der Waals surface area (Å²) in [5.74, 6) is 1.83. The molecule has 0 bridgehead atoms. The number of likely N-dealkylation sites (N-methyl/N-ethyl adjacent to an activating group) is 1. The molecular formula is C29H41N3O6. The van der Waals surface area contributed by atoms with Gasteiger partial charge >= 0.3 is 6.09 Å². The highest BCUT2D eigenvalue weighted by atomic mass is 16.5. The molecule has 0 radical (unpaired) electrons. The van der Waals surface area contributed by atoms with Crippen LogP contribution in [0.4, 0.5) is 10.5 Å². The zero-order valence-corrected chi connectivity index (χ0v) is 22.8. The second-order valence-corrected chi connectivity index (χ2v) is 10.2. The number of methoxy groups -OCH3 is 1. The summed E-state index contributed by atoms with van der Waals surface area (Å²) in [5, 5.41) is 9.63. The lowest BCUT2D eigenvalue weighted by Gasteiger charge is -2.37. The van der Waals surface area contributed by atoms with Crippen LogP contribution in [0.5, 0.6) is 11.5 Å². The summed E-state index contributed by atoms with van der Waals surface area (Å²) < 4.78 is 23.4. The summed E-state index contributed by atoms with van der Waals surface area (Å²) in [6, 6.07) is 14.3. The van der Waals surface area contributed by atoms with Crippen LogP contribution in [0.1, 0.15) is 29.9 Å². The van der Waals surface area contributed by atoms with Crippen molar-refractivity contribution in [1.29, 1.82) is 0 Å². The molecule has 0 spiro atoms. The van der Waals surface area contributed by atoms with E-state index in [4.69, 9.17) is 18.9 Å². The van der Waals surface area contributed by atoms with E-state index in [-0.39, 0.29) is 12.0 Å². The van der Waals surface area contributed by atoms with Gasteiger partial charge in [-0.1, -0.05) is 18.2 Å². The summed E-state index contributed by atoms with van der Waals surface area (Å²) in [6.07, 6.45) is 0.512. The first-order valence-electron chi connectivity index (χ1n) is 13.4. The SMILES string of the molecule is COCCCN1CCOc2ccc(COC3CN(C(=O)O)CCC3c3ccc(OCCN(C)C)cc3)cc21. The molecule has 208 valence electrons. The van der Waals surface area contributed by atoms with Crippen LogP contribution in [0.25, 0.3) is 0 Å². The topological polar surface area (TPSA) is 83.9 Å². The summed E-state index contributed by atoms with van der Waals surface area (Å²) in [4.78, 5) is 17.6. The molecule has 2 aromatic rings. The Bertz CT molecular complexity index is 1030. The number of hydrogen-bond donors (Lipinski definition) is 1. The molecule has 0 aromatic heterocycles. The highest BCUT2D eigenvalue weighted by molar-refractivity contribution is 5.65. The summed E-state index contributed by atoms with van der Waals surface area (Å²) in [5.41, 5.74) is 3.26. The van der Waals surface area contributed by atoms with Crippen LogP contribution in [-0.2, 0) is 16.1 Å². The molecule has 2 aliphatic heterocycles. The molecule has 1 N–H and O–H groups in total. The maximum absolute atomic E-state index is 11.7. The normalized spacial score (nSPS) is 19.3. The number of amides is 1. The van der Waals surface area contributed by atoms with Crippen LogP contribution in [0.3, 0.4) is 0 Å². The third kappa shape index (κ3) is 7.52. The number of fused-ring (bicyclic) bond motifs is 1. The fourth-order valence-electron chi connectivity index (χ4n) is 5.04. The zero-order chi connectivity index (χ0) is 26.9. The van der Waals surface area contributed by atoms with Crippen molar-refractivity contribution in [2.24, 2.45) is 0 Å². The van der Waals surface area contributed by atoms with E-state index >= 15 is 0 Å². The van der Waals surface area contributed by atoms with Crippen LogP contribution in [-0.4, -0.2) is 101 Å². The van der Waals surface area contributed by atoms with Gasteiger partial charge in [-0.2, -0.15) is 0 Å². The molecule has 2 atom stereocenters. The Morgan fingerprint density at radius 1 is 1.13 bits per heavy atom. The van der Waals surface area contributed by atoms with E-state index in [1.807, 2.05) is 38.4 Å². The number of nitrogens with zero attached hydrogens (tertiary/aromatic N) is 3. The predicted molar refractivity (Wildman–Crippen MR) is 147 cm³/mol. The number of piperidine rings is 1. The fraction of sp³-hybridized carbons (Fsp3) is 0.552. The minimum absolute atomic E-state index is 0.105. The van der Waals surface area contributed by atoms with Gasteiger partial charge in [0.1, 0.15) is 24.7 Å². The van der Waals surface area contributed by atoms with Crippen molar-refractivity contribution in [3.63, 3.8) is 0 Å². The van der Waals surface area contributed by atoms with Gasteiger partial charge in [0.25, 0.3) is 0 Å². The Morgan fingerprint density at radius 3 is 2.68 bits per heavy atom. The Kier molecular flexibility index (Phi) is 10.1. The molecule has 0 saturated carbocycles. The lowest BCUT2D eigenvalue weighted by Crippen LogP contribution is -2.46. The third-order valence-electron chi connectivity index (χ3n) is 7.17. The first-order chi connectivity index (χ1) is 18.4. The van der Waals surface area contributed by atoms with Gasteiger partial charge in [-0.3, -0.25) is 0 Å². The highest BCUT2D eigenvalue weighted by Crippen LogP contribution is 2.35. The monoisotopic (exact) mass is 527 g/mol. The molecule has 1 fully saturated rings. The molecule has 9 heteroatoms. The van der Waals surface area contributed by atoms with E-state index in [0.29, 0.717) is 39.3 Å². The first-order valence-corrected chi connectivity index (χ1v) is 13.4. The van der Waals surface area contributed by atoms with Crippen molar-refractivity contribution in [3.05, 3.63) is 53.6 Å². The predicted octanol–water partition coefficient (Wildman–Crippen LogP) is 3.92. The Balaban J connectivity index is 1.43. The van der Waals surface area contributed by atoms with E-state index in [0.717, 1.165) is 61.0 Å². The smallest absolute Gasteiger partial charge is 0.407 e. The standard InChI is InChI=1S/C29H41N3O6/c1-30(2)14-17-36-24-8-6-23(7-9-24)25-11-13-32(29(33)34)20-28(25)38-21-22-5-10-27-26(19-22)31(15-18-37-27)12-4-16-35-3/h5-10,19,25,28H,4,11-18,20-21H2,1-3H3,(H,33,34). The van der Waals surface area contributed by atoms with Gasteiger partial charge < -0.3 is 38.8 Å². The Labute approximate surface area is 225 Å². The summed E-state index contributed by atoms with van der Waals surface area (Å²) in [7, 11) is 5.77. The number of carboxylic acid groups (broad SMARTS) is 1. The van der Waals surface area contributed by atoms with Crippen molar-refractivity contribution in [1.82, 2.24) is 9.80 Å². The fourth-order valence-corrected chi connectivity index (χ4v) is 5.04. The molecule has 9 nitrogen and oxygen atoms in total. The average Bonchev–Trinajstić information content (AvgIpc) is 2.92. The van der Waals surface area contributed by atoms with E-state index < -0.39 is 6.09 Å². The maximum atomic E-state index is 11.7. The average molecular weight is 528 g/mol. The Hall–Kier alpha value is -3.01. The number of ether oxygens (including phenoxy) is 4. The van der Waals surface area contributed by atoms with Crippen LogP contribution >= 0.6 is 0 Å². The van der Waals surface area contributed by atoms with E-state index in [2.05, 4.69) is 28.0 Å². The van der Waals surface area contributed by atoms with Crippen molar-refractivity contribution in [2.45, 2.75) is 31.5 Å². The summed E-state index contributed by atoms with van der Waals surface area (Å²) >= 11 is 0. The quantitative estimate of drug-likeness (QED) is 0.416. The van der Waals surface area contributed by atoms with Crippen LogP contribution in [0.15, 0.2) is 42.5 Å². The van der Waals surface area contributed by atoms with E-state index in [1.54, 1.807) is 7.11 Å². The largest absolute Gasteiger partial charge is 0.492 e. The number of rotatable bonds is 12. The van der Waals surface area contributed by atoms with Crippen molar-refractivity contribution < 1.29 is 28.8 Å². The van der Waals surface area contributed by atoms with E-state index in [1.165, 1.54) is 4.90 Å². The van der Waals surface area contributed by atoms with Gasteiger partial charge in [-0.15, -0.1) is 0 Å². The van der Waals surface area contributed by atoms with Crippen molar-refractivity contribution >= 4 is 11.8 Å². The van der Waals surface area contributed by atoms with Crippen LogP contribution < -0.4 is 14.4 Å². The molecule has 4 rings (SSSR count). The number of anilines is 1. The summed E-state index contributed by atoms with van der Waals surface area (Å²) in [6.45, 7) is 5.86. The molecule has 1 saturated heterocycles. The second-order valence-electron chi connectivity index (χ2n) is 10.2. The number of carbonyl (C=O) groups is 1. The zero-order valence-electron chi connectivity index (χ0n) is 22.8. The van der Waals surface area contributed by atoms with E-state index in [9.17, 15) is 9.90 Å². The van der Waals surface area contributed by atoms with Gasteiger partial charge in [0, 0.05) is 39.3 Å². The lowest BCUT2D eigenvalue weighted by molar-refractivity contribution is -0.0199. The maximum Gasteiger partial charge on any atom is 0.407 e. The van der Waals surface area contributed by atoms with Gasteiger partial charge in [0.15, 0.2) is 0 Å². The van der Waals surface area contributed by atoms with Crippen LogP contribution in [0, 0.1) is 0 Å². The third-order valence-corrected chi connectivity index (χ3v) is 7.17. The molecule has 0 aliphatic carbocycles. The van der Waals surface area contributed by atoms with Gasteiger partial charge in [0.05, 0.1) is 31.5 Å². The van der Waals surface area contributed by atoms with Crippen molar-refractivity contribution in [3.8, 4) is 11.5 Å². The van der Waals surface area contributed by atoms with Gasteiger partial charge in [-0.05, 0) is 62.3 Å². The second kappa shape index (κ2) is 13.7. The number of hydrogen-bond acceptors (Lipinski definition) is 7.